The lowest BCUT2D eigenvalue weighted by molar-refractivity contribution is -0.138. The monoisotopic (exact) mass is 592 g/mol. The lowest BCUT2D eigenvalue weighted by Crippen LogP contribution is -2.21. The standard InChI is InChI=1S/C30H25F4N5O.C2H7N/c1-19-4-7-22(14-21(19)8-5-20-6-11-26(35-16-20)28-36-17-27(31)38-28)29(40)37-24-10-9-23(18-39-12-2-3-13-39)25(15-24)30(32,33)34;1-3-2/h4,6-7,9-11,14-17H,2-3,12-13,18H2,1H3,(H,36,38)(H,37,40);3H,1-2H3. The summed E-state index contributed by atoms with van der Waals surface area (Å²) in [4.78, 5) is 25.6. The molecule has 2 aromatic heterocycles. The van der Waals surface area contributed by atoms with E-state index in [-0.39, 0.29) is 23.4 Å². The number of alkyl halides is 3. The highest BCUT2D eigenvalue weighted by atomic mass is 19.4. The topological polar surface area (TPSA) is 85.9 Å². The van der Waals surface area contributed by atoms with Crippen molar-refractivity contribution in [1.29, 1.82) is 0 Å². The first-order chi connectivity index (χ1) is 20.6. The van der Waals surface area contributed by atoms with Crippen LogP contribution in [0.2, 0.25) is 0 Å². The SMILES string of the molecule is CNC.Cc1ccc(C(=O)Nc2ccc(CN3CCCC3)c(C(F)(F)F)c2)cc1C#Cc1ccc(-c2ncc(F)[nH]2)nc1. The number of carbonyl (C=O) groups excluding carboxylic acids is 1. The Hall–Kier alpha value is -4.53. The van der Waals surface area contributed by atoms with E-state index in [1.165, 1.54) is 18.3 Å². The third-order valence-electron chi connectivity index (χ3n) is 6.66. The van der Waals surface area contributed by atoms with Crippen LogP contribution in [-0.2, 0) is 12.7 Å². The normalized spacial score (nSPS) is 13.1. The van der Waals surface area contributed by atoms with Crippen LogP contribution in [-0.4, -0.2) is 52.9 Å². The molecule has 1 amide bonds. The Labute approximate surface area is 247 Å². The first-order valence-corrected chi connectivity index (χ1v) is 13.7. The molecule has 1 aliphatic rings. The molecule has 1 fully saturated rings. The number of amides is 1. The first-order valence-electron chi connectivity index (χ1n) is 13.7. The number of hydrogen-bond donors (Lipinski definition) is 3. The van der Waals surface area contributed by atoms with Gasteiger partial charge in [-0.15, -0.1) is 0 Å². The maximum absolute atomic E-state index is 13.8. The first kappa shape index (κ1) is 31.4. The van der Waals surface area contributed by atoms with Gasteiger partial charge in [0.1, 0.15) is 5.69 Å². The Morgan fingerprint density at radius 2 is 1.74 bits per heavy atom. The molecule has 7 nitrogen and oxygen atoms in total. The van der Waals surface area contributed by atoms with Crippen LogP contribution in [0.25, 0.3) is 11.5 Å². The Morgan fingerprint density at radius 3 is 2.37 bits per heavy atom. The molecular formula is C32H32F4N6O. The van der Waals surface area contributed by atoms with Crippen molar-refractivity contribution in [3.05, 3.63) is 100 Å². The van der Waals surface area contributed by atoms with Crippen LogP contribution in [0.3, 0.4) is 0 Å². The number of carbonyl (C=O) groups is 1. The van der Waals surface area contributed by atoms with E-state index >= 15 is 0 Å². The summed E-state index contributed by atoms with van der Waals surface area (Å²) in [5.74, 6) is 5.20. The van der Waals surface area contributed by atoms with Gasteiger partial charge in [0.15, 0.2) is 5.82 Å². The van der Waals surface area contributed by atoms with Gasteiger partial charge in [-0.1, -0.05) is 24.0 Å². The highest BCUT2D eigenvalue weighted by molar-refractivity contribution is 6.04. The second-order valence-corrected chi connectivity index (χ2v) is 10.1. The third kappa shape index (κ3) is 8.50. The van der Waals surface area contributed by atoms with Crippen molar-refractivity contribution in [2.45, 2.75) is 32.5 Å². The molecule has 0 spiro atoms. The average Bonchev–Trinajstić information content (AvgIpc) is 3.65. The number of nitrogens with one attached hydrogen (secondary N) is 3. The van der Waals surface area contributed by atoms with Gasteiger partial charge in [0, 0.05) is 35.1 Å². The maximum atomic E-state index is 13.8. The van der Waals surface area contributed by atoms with Crippen molar-refractivity contribution in [1.82, 2.24) is 25.2 Å². The number of likely N-dealkylation sites (tertiary alicyclic amines) is 1. The van der Waals surface area contributed by atoms with Gasteiger partial charge in [-0.3, -0.25) is 14.7 Å². The molecule has 2 aromatic carbocycles. The smallest absolute Gasteiger partial charge is 0.323 e. The van der Waals surface area contributed by atoms with Gasteiger partial charge < -0.3 is 15.6 Å². The van der Waals surface area contributed by atoms with Gasteiger partial charge in [0.2, 0.25) is 5.95 Å². The molecule has 1 saturated heterocycles. The van der Waals surface area contributed by atoms with Crippen LogP contribution in [0.15, 0.2) is 60.9 Å². The zero-order chi connectivity index (χ0) is 31.0. The Morgan fingerprint density at radius 1 is 1.00 bits per heavy atom. The minimum absolute atomic E-state index is 0.0679. The zero-order valence-electron chi connectivity index (χ0n) is 24.1. The van der Waals surface area contributed by atoms with Gasteiger partial charge in [0.05, 0.1) is 11.8 Å². The van der Waals surface area contributed by atoms with Crippen molar-refractivity contribution >= 4 is 11.6 Å². The molecule has 1 aliphatic heterocycles. The zero-order valence-corrected chi connectivity index (χ0v) is 24.1. The molecule has 11 heteroatoms. The molecule has 4 aromatic rings. The molecule has 0 bridgehead atoms. The second kappa shape index (κ2) is 14.1. The van der Waals surface area contributed by atoms with Gasteiger partial charge in [-0.25, -0.2) is 4.98 Å². The van der Waals surface area contributed by atoms with Gasteiger partial charge in [0.25, 0.3) is 5.91 Å². The molecule has 43 heavy (non-hydrogen) atoms. The summed E-state index contributed by atoms with van der Waals surface area (Å²) in [5.41, 5.74) is 2.24. The molecular weight excluding hydrogens is 560 g/mol. The number of benzene rings is 2. The predicted molar refractivity (Wildman–Crippen MR) is 158 cm³/mol. The summed E-state index contributed by atoms with van der Waals surface area (Å²) < 4.78 is 54.6. The number of rotatable bonds is 5. The molecule has 3 heterocycles. The van der Waals surface area contributed by atoms with Gasteiger partial charge >= 0.3 is 6.18 Å². The predicted octanol–water partition coefficient (Wildman–Crippen LogP) is 6.02. The Kier molecular flexibility index (Phi) is 10.3. The van der Waals surface area contributed by atoms with E-state index in [2.05, 4.69) is 37.4 Å². The van der Waals surface area contributed by atoms with E-state index in [9.17, 15) is 22.4 Å². The van der Waals surface area contributed by atoms with Crippen LogP contribution in [0.4, 0.5) is 23.2 Å². The number of hydrogen-bond acceptors (Lipinski definition) is 5. The summed E-state index contributed by atoms with van der Waals surface area (Å²) in [6, 6.07) is 12.2. The summed E-state index contributed by atoms with van der Waals surface area (Å²) >= 11 is 0. The average molecular weight is 593 g/mol. The summed E-state index contributed by atoms with van der Waals surface area (Å²) in [6.07, 6.45) is 0.0195. The lowest BCUT2D eigenvalue weighted by atomic mass is 10.0. The number of aromatic amines is 1. The fraction of sp³-hybridized carbons (Fsp3) is 0.281. The highest BCUT2D eigenvalue weighted by Gasteiger charge is 2.34. The summed E-state index contributed by atoms with van der Waals surface area (Å²) in [5, 5.41) is 5.34. The third-order valence-corrected chi connectivity index (χ3v) is 6.66. The molecule has 5 rings (SSSR count). The van der Waals surface area contributed by atoms with Crippen LogP contribution >= 0.6 is 0 Å². The maximum Gasteiger partial charge on any atom is 0.416 e. The van der Waals surface area contributed by atoms with Crippen LogP contribution in [0, 0.1) is 24.7 Å². The van der Waals surface area contributed by atoms with Gasteiger partial charge in [-0.2, -0.15) is 17.6 Å². The fourth-order valence-electron chi connectivity index (χ4n) is 4.52. The number of aromatic nitrogens is 3. The van der Waals surface area contributed by atoms with E-state index in [4.69, 9.17) is 0 Å². The van der Waals surface area contributed by atoms with E-state index < -0.39 is 23.6 Å². The van der Waals surface area contributed by atoms with Gasteiger partial charge in [-0.05, 0) is 94.5 Å². The van der Waals surface area contributed by atoms with Crippen molar-refractivity contribution in [2.75, 3.05) is 32.5 Å². The second-order valence-electron chi connectivity index (χ2n) is 10.1. The largest absolute Gasteiger partial charge is 0.416 e. The number of anilines is 1. The molecule has 0 radical (unpaired) electrons. The number of nitrogens with zero attached hydrogens (tertiary/aromatic N) is 3. The van der Waals surface area contributed by atoms with Crippen LogP contribution in [0.5, 0.6) is 0 Å². The summed E-state index contributed by atoms with van der Waals surface area (Å²) in [7, 11) is 3.75. The number of H-pyrrole nitrogens is 1. The van der Waals surface area contributed by atoms with Crippen LogP contribution in [0.1, 0.15) is 51.0 Å². The lowest BCUT2D eigenvalue weighted by Gasteiger charge is -2.20. The van der Waals surface area contributed by atoms with Crippen molar-refractivity contribution < 1.29 is 22.4 Å². The van der Waals surface area contributed by atoms with Crippen molar-refractivity contribution in [3.63, 3.8) is 0 Å². The fourth-order valence-corrected chi connectivity index (χ4v) is 4.52. The molecule has 0 aliphatic carbocycles. The molecule has 3 N–H and O–H groups in total. The van der Waals surface area contributed by atoms with E-state index in [0.717, 1.165) is 43.8 Å². The number of aryl methyl sites for hydroxylation is 1. The van der Waals surface area contributed by atoms with E-state index in [1.807, 2.05) is 25.9 Å². The Balaban J connectivity index is 0.00000135. The van der Waals surface area contributed by atoms with E-state index in [0.29, 0.717) is 22.6 Å². The number of pyridine rings is 1. The molecule has 0 unspecified atom stereocenters. The highest BCUT2D eigenvalue weighted by Crippen LogP contribution is 2.35. The minimum atomic E-state index is -4.54. The quantitative estimate of drug-likeness (QED) is 0.195. The van der Waals surface area contributed by atoms with Crippen molar-refractivity contribution in [2.24, 2.45) is 0 Å². The van der Waals surface area contributed by atoms with Crippen LogP contribution < -0.4 is 10.6 Å². The Bertz CT molecular complexity index is 1610. The van der Waals surface area contributed by atoms with E-state index in [1.54, 1.807) is 30.3 Å². The number of imidazole rings is 1. The summed E-state index contributed by atoms with van der Waals surface area (Å²) in [6.45, 7) is 3.63. The minimum Gasteiger partial charge on any atom is -0.323 e. The number of halogens is 4. The molecule has 224 valence electrons. The molecule has 0 atom stereocenters. The molecule has 0 saturated carbocycles. The van der Waals surface area contributed by atoms with Crippen molar-refractivity contribution in [3.8, 4) is 23.4 Å².